The van der Waals surface area contributed by atoms with Crippen LogP contribution in [0.1, 0.15) is 20.7 Å². The lowest BCUT2D eigenvalue weighted by atomic mass is 10.1. The minimum atomic E-state index is -0.419. The van der Waals surface area contributed by atoms with E-state index >= 15 is 0 Å². The van der Waals surface area contributed by atoms with Gasteiger partial charge in [-0.3, -0.25) is 9.79 Å². The summed E-state index contributed by atoms with van der Waals surface area (Å²) in [4.78, 5) is 27.2. The summed E-state index contributed by atoms with van der Waals surface area (Å²) in [5.41, 5.74) is 0.699. The lowest BCUT2D eigenvalue weighted by Crippen LogP contribution is -2.29. The molecule has 0 radical (unpaired) electrons. The van der Waals surface area contributed by atoms with Crippen LogP contribution in [0.3, 0.4) is 0 Å². The number of nitrogens with zero attached hydrogens (tertiary/aromatic N) is 1. The number of carbonyl (C=O) groups is 2. The number of aliphatic imine (C=N–C) groups is 1. The third kappa shape index (κ3) is 2.89. The Labute approximate surface area is 109 Å². The molecular weight excluding hydrogens is 252 g/mol. The SMILES string of the molecule is COC(=O)c1ccc(C(=O)NC2N=CCS2)cc1. The van der Waals surface area contributed by atoms with Crippen molar-refractivity contribution in [3.05, 3.63) is 35.4 Å². The molecule has 6 heteroatoms. The van der Waals surface area contributed by atoms with Gasteiger partial charge in [-0.1, -0.05) is 0 Å². The highest BCUT2D eigenvalue weighted by Gasteiger charge is 2.15. The molecule has 0 spiro atoms. The first-order valence-corrected chi connectivity index (χ1v) is 6.38. The monoisotopic (exact) mass is 264 g/mol. The smallest absolute Gasteiger partial charge is 0.337 e. The van der Waals surface area contributed by atoms with Crippen LogP contribution in [0.25, 0.3) is 0 Å². The Hall–Kier alpha value is -1.82. The molecule has 1 amide bonds. The number of amides is 1. The highest BCUT2D eigenvalue weighted by molar-refractivity contribution is 8.00. The number of nitrogens with one attached hydrogen (secondary N) is 1. The molecule has 1 aliphatic heterocycles. The molecule has 5 nitrogen and oxygen atoms in total. The lowest BCUT2D eigenvalue weighted by molar-refractivity contribution is 0.0600. The zero-order valence-electron chi connectivity index (χ0n) is 9.75. The predicted molar refractivity (Wildman–Crippen MR) is 70.0 cm³/mol. The number of hydrogen-bond acceptors (Lipinski definition) is 5. The molecule has 0 bridgehead atoms. The van der Waals surface area contributed by atoms with Gasteiger partial charge in [-0.15, -0.1) is 11.8 Å². The van der Waals surface area contributed by atoms with E-state index < -0.39 is 5.97 Å². The summed E-state index contributed by atoms with van der Waals surface area (Å²) in [6, 6.07) is 6.30. The van der Waals surface area contributed by atoms with Crippen LogP contribution in [0, 0.1) is 0 Å². The van der Waals surface area contributed by atoms with Crippen molar-refractivity contribution >= 4 is 29.9 Å². The van der Waals surface area contributed by atoms with E-state index in [-0.39, 0.29) is 11.4 Å². The first kappa shape index (κ1) is 12.6. The zero-order chi connectivity index (χ0) is 13.0. The fourth-order valence-corrected chi connectivity index (χ4v) is 2.18. The van der Waals surface area contributed by atoms with E-state index in [9.17, 15) is 9.59 Å². The van der Waals surface area contributed by atoms with Crippen molar-refractivity contribution in [3.8, 4) is 0 Å². The Morgan fingerprint density at radius 2 is 2.00 bits per heavy atom. The molecule has 2 rings (SSSR count). The number of hydrogen-bond donors (Lipinski definition) is 1. The number of rotatable bonds is 3. The average molecular weight is 264 g/mol. The number of thioether (sulfide) groups is 1. The molecule has 0 aliphatic carbocycles. The van der Waals surface area contributed by atoms with Gasteiger partial charge in [0.05, 0.1) is 12.7 Å². The molecule has 1 aromatic carbocycles. The predicted octanol–water partition coefficient (Wildman–Crippen LogP) is 1.30. The second-order valence-electron chi connectivity index (χ2n) is 3.56. The largest absolute Gasteiger partial charge is 0.465 e. The van der Waals surface area contributed by atoms with Crippen molar-refractivity contribution < 1.29 is 14.3 Å². The quantitative estimate of drug-likeness (QED) is 0.836. The van der Waals surface area contributed by atoms with Crippen molar-refractivity contribution in [2.24, 2.45) is 4.99 Å². The van der Waals surface area contributed by atoms with E-state index in [1.165, 1.54) is 7.11 Å². The minimum absolute atomic E-state index is 0.206. The molecule has 1 aromatic rings. The van der Waals surface area contributed by atoms with Crippen LogP contribution in [0.4, 0.5) is 0 Å². The summed E-state index contributed by atoms with van der Waals surface area (Å²) in [5.74, 6) is 0.188. The van der Waals surface area contributed by atoms with Crippen molar-refractivity contribution in [3.63, 3.8) is 0 Å². The standard InChI is InChI=1S/C12H12N2O3S/c1-17-11(16)9-4-2-8(3-5-9)10(15)14-12-13-6-7-18-12/h2-6,12H,7H2,1H3,(H,14,15). The lowest BCUT2D eigenvalue weighted by Gasteiger charge is -2.09. The van der Waals surface area contributed by atoms with Crippen molar-refractivity contribution in [2.45, 2.75) is 5.50 Å². The first-order chi connectivity index (χ1) is 8.70. The zero-order valence-corrected chi connectivity index (χ0v) is 10.6. The fourth-order valence-electron chi connectivity index (χ4n) is 1.47. The van der Waals surface area contributed by atoms with Crippen LogP contribution >= 0.6 is 11.8 Å². The Kier molecular flexibility index (Phi) is 3.99. The van der Waals surface area contributed by atoms with Crippen molar-refractivity contribution in [1.29, 1.82) is 0 Å². The van der Waals surface area contributed by atoms with Gasteiger partial charge in [0.25, 0.3) is 5.91 Å². The maximum absolute atomic E-state index is 11.8. The Balaban J connectivity index is 2.02. The van der Waals surface area contributed by atoms with Crippen molar-refractivity contribution in [2.75, 3.05) is 12.9 Å². The van der Waals surface area contributed by atoms with Gasteiger partial charge in [-0.2, -0.15) is 0 Å². The molecule has 94 valence electrons. The molecule has 1 heterocycles. The summed E-state index contributed by atoms with van der Waals surface area (Å²) >= 11 is 1.55. The number of esters is 1. The van der Waals surface area contributed by atoms with Crippen LogP contribution in [0.15, 0.2) is 29.3 Å². The van der Waals surface area contributed by atoms with Gasteiger partial charge < -0.3 is 10.1 Å². The summed E-state index contributed by atoms with van der Waals surface area (Å²) in [7, 11) is 1.32. The van der Waals surface area contributed by atoms with E-state index in [2.05, 4.69) is 15.0 Å². The van der Waals surface area contributed by atoms with Crippen molar-refractivity contribution in [1.82, 2.24) is 5.32 Å². The Morgan fingerprint density at radius 3 is 2.56 bits per heavy atom. The summed E-state index contributed by atoms with van der Waals surface area (Å²) in [5, 5.41) is 2.77. The van der Waals surface area contributed by atoms with E-state index in [4.69, 9.17) is 0 Å². The third-order valence-electron chi connectivity index (χ3n) is 2.39. The van der Waals surface area contributed by atoms with Gasteiger partial charge in [-0.05, 0) is 24.3 Å². The molecule has 0 saturated heterocycles. The molecular formula is C12H12N2O3S. The number of methoxy groups -OCH3 is 1. The molecule has 18 heavy (non-hydrogen) atoms. The molecule has 0 saturated carbocycles. The summed E-state index contributed by atoms with van der Waals surface area (Å²) < 4.78 is 4.58. The average Bonchev–Trinajstić information content (AvgIpc) is 2.91. The number of carbonyl (C=O) groups excluding carboxylic acids is 2. The maximum atomic E-state index is 11.8. The second kappa shape index (κ2) is 5.68. The van der Waals surface area contributed by atoms with Crippen LogP contribution in [0.2, 0.25) is 0 Å². The second-order valence-corrected chi connectivity index (χ2v) is 4.67. The van der Waals surface area contributed by atoms with E-state index in [1.54, 1.807) is 42.2 Å². The Bertz CT molecular complexity index is 485. The van der Waals surface area contributed by atoms with Crippen LogP contribution < -0.4 is 5.32 Å². The molecule has 0 aromatic heterocycles. The van der Waals surface area contributed by atoms with Crippen LogP contribution in [-0.2, 0) is 4.74 Å². The molecule has 1 aliphatic rings. The molecule has 1 N–H and O–H groups in total. The third-order valence-corrected chi connectivity index (χ3v) is 3.29. The molecule has 1 atom stereocenters. The van der Waals surface area contributed by atoms with Gasteiger partial charge >= 0.3 is 5.97 Å². The van der Waals surface area contributed by atoms with Gasteiger partial charge in [0.2, 0.25) is 0 Å². The molecule has 0 fully saturated rings. The van der Waals surface area contributed by atoms with Gasteiger partial charge in [0.15, 0.2) is 5.50 Å². The fraction of sp³-hybridized carbons (Fsp3) is 0.250. The Morgan fingerprint density at radius 1 is 1.33 bits per heavy atom. The summed E-state index contributed by atoms with van der Waals surface area (Å²) in [6.07, 6.45) is 1.77. The first-order valence-electron chi connectivity index (χ1n) is 5.33. The normalized spacial score (nSPS) is 17.5. The minimum Gasteiger partial charge on any atom is -0.465 e. The highest BCUT2D eigenvalue weighted by Crippen LogP contribution is 2.14. The molecule has 1 unspecified atom stereocenters. The topological polar surface area (TPSA) is 67.8 Å². The van der Waals surface area contributed by atoms with Gasteiger partial charge in [0.1, 0.15) is 0 Å². The van der Waals surface area contributed by atoms with Crippen LogP contribution in [0.5, 0.6) is 0 Å². The highest BCUT2D eigenvalue weighted by atomic mass is 32.2. The van der Waals surface area contributed by atoms with Crippen LogP contribution in [-0.4, -0.2) is 36.5 Å². The summed E-state index contributed by atoms with van der Waals surface area (Å²) in [6.45, 7) is 0. The number of benzene rings is 1. The van der Waals surface area contributed by atoms with Gasteiger partial charge in [-0.25, -0.2) is 4.79 Å². The maximum Gasteiger partial charge on any atom is 0.337 e. The number of ether oxygens (including phenoxy) is 1. The van der Waals surface area contributed by atoms with E-state index in [0.29, 0.717) is 11.1 Å². The van der Waals surface area contributed by atoms with E-state index in [1.807, 2.05) is 0 Å². The van der Waals surface area contributed by atoms with Gasteiger partial charge in [0, 0.05) is 17.5 Å². The van der Waals surface area contributed by atoms with E-state index in [0.717, 1.165) is 5.75 Å².